The second-order valence-corrected chi connectivity index (χ2v) is 5.24. The fourth-order valence-corrected chi connectivity index (χ4v) is 1.99. The summed E-state index contributed by atoms with van der Waals surface area (Å²) in [5.74, 6) is 1.74. The van der Waals surface area contributed by atoms with E-state index in [9.17, 15) is 5.26 Å². The summed E-state index contributed by atoms with van der Waals surface area (Å²) in [6.07, 6.45) is 3.32. The van der Waals surface area contributed by atoms with Crippen molar-refractivity contribution in [2.75, 3.05) is 17.7 Å². The summed E-state index contributed by atoms with van der Waals surface area (Å²) in [4.78, 5) is 4.30. The van der Waals surface area contributed by atoms with Crippen molar-refractivity contribution in [1.82, 2.24) is 4.98 Å². The Kier molecular flexibility index (Phi) is 5.59. The number of hydrogen-bond acceptors (Lipinski definition) is 5. The minimum Gasteiger partial charge on any atom is -0.444 e. The number of ether oxygens (including phenoxy) is 1. The molecule has 0 spiro atoms. The van der Waals surface area contributed by atoms with E-state index >= 15 is 0 Å². The average molecular weight is 308 g/mol. The van der Waals surface area contributed by atoms with Crippen molar-refractivity contribution in [1.29, 1.82) is 5.26 Å². The number of nitrogens with one attached hydrogen (secondary N) is 2. The van der Waals surface area contributed by atoms with Crippen molar-refractivity contribution in [3.63, 3.8) is 0 Å². The number of hydrogen-bond donors (Lipinski definition) is 2. The van der Waals surface area contributed by atoms with Gasteiger partial charge in [0.1, 0.15) is 17.6 Å². The molecule has 1 aromatic heterocycles. The Morgan fingerprint density at radius 1 is 1.30 bits per heavy atom. The molecule has 0 aliphatic heterocycles. The van der Waals surface area contributed by atoms with Crippen LogP contribution in [0.4, 0.5) is 11.5 Å². The zero-order chi connectivity index (χ0) is 16.7. The van der Waals surface area contributed by atoms with Gasteiger partial charge in [-0.2, -0.15) is 5.26 Å². The Hall–Kier alpha value is -3.00. The zero-order valence-electron chi connectivity index (χ0n) is 13.5. The van der Waals surface area contributed by atoms with Crippen molar-refractivity contribution in [3.8, 4) is 11.8 Å². The van der Waals surface area contributed by atoms with Crippen LogP contribution in [-0.2, 0) is 0 Å². The number of aromatic nitrogens is 1. The molecule has 0 aliphatic rings. The van der Waals surface area contributed by atoms with Crippen molar-refractivity contribution in [2.45, 2.75) is 19.8 Å². The Labute approximate surface area is 136 Å². The van der Waals surface area contributed by atoms with Gasteiger partial charge in [0.05, 0.1) is 6.20 Å². The first-order valence-corrected chi connectivity index (χ1v) is 7.41. The molecule has 0 aliphatic carbocycles. The first-order chi connectivity index (χ1) is 11.1. The summed E-state index contributed by atoms with van der Waals surface area (Å²) in [5, 5.41) is 15.3. The molecule has 0 saturated heterocycles. The van der Waals surface area contributed by atoms with Gasteiger partial charge in [0.25, 0.3) is 0 Å². The van der Waals surface area contributed by atoms with Crippen LogP contribution >= 0.6 is 0 Å². The number of nitrogens with zero attached hydrogens (tertiary/aromatic N) is 2. The average Bonchev–Trinajstić information content (AvgIpc) is 2.59. The number of para-hydroxylation sites is 1. The largest absolute Gasteiger partial charge is 0.444 e. The lowest BCUT2D eigenvalue weighted by Gasteiger charge is -2.14. The molecule has 23 heavy (non-hydrogen) atoms. The second-order valence-electron chi connectivity index (χ2n) is 5.24. The van der Waals surface area contributed by atoms with Crippen LogP contribution in [0.5, 0.6) is 5.75 Å². The molecule has 5 nitrogen and oxygen atoms in total. The smallest absolute Gasteiger partial charge is 0.219 e. The topological polar surface area (TPSA) is 70.0 Å². The molecule has 0 atom stereocenters. The molecule has 118 valence electrons. The van der Waals surface area contributed by atoms with Crippen LogP contribution in [0.3, 0.4) is 0 Å². The molecular formula is C18H20N4O. The first kappa shape index (κ1) is 16.4. The monoisotopic (exact) mass is 308 g/mol. The molecule has 2 aromatic rings. The Morgan fingerprint density at radius 3 is 2.65 bits per heavy atom. The van der Waals surface area contributed by atoms with Crippen LogP contribution in [-0.4, -0.2) is 12.0 Å². The van der Waals surface area contributed by atoms with E-state index in [1.165, 1.54) is 0 Å². The standard InChI is InChI=1S/C18H20N4O/c1-13(2)16-12-22-18(20-3)9-17(16)23-15(10-19)11-21-14-7-5-4-6-8-14/h4-9,11-13,21H,1-3H3,(H,20,22)/b15-11+. The van der Waals surface area contributed by atoms with E-state index in [4.69, 9.17) is 4.74 Å². The third kappa shape index (κ3) is 4.48. The predicted octanol–water partition coefficient (Wildman–Crippen LogP) is 4.10. The van der Waals surface area contributed by atoms with Crippen LogP contribution in [0.2, 0.25) is 0 Å². The van der Waals surface area contributed by atoms with Crippen molar-refractivity contribution < 1.29 is 4.74 Å². The number of allylic oxidation sites excluding steroid dienone is 1. The quantitative estimate of drug-likeness (QED) is 0.621. The number of pyridine rings is 1. The Balaban J connectivity index is 2.23. The van der Waals surface area contributed by atoms with Crippen LogP contribution in [0.1, 0.15) is 25.3 Å². The van der Waals surface area contributed by atoms with Gasteiger partial charge in [0.2, 0.25) is 5.76 Å². The Bertz CT molecular complexity index is 718. The lowest BCUT2D eigenvalue weighted by Crippen LogP contribution is -2.03. The van der Waals surface area contributed by atoms with Crippen LogP contribution in [0.15, 0.2) is 54.6 Å². The maximum atomic E-state index is 9.31. The molecule has 5 heteroatoms. The molecule has 0 amide bonds. The first-order valence-electron chi connectivity index (χ1n) is 7.41. The maximum Gasteiger partial charge on any atom is 0.219 e. The molecule has 0 radical (unpaired) electrons. The van der Waals surface area contributed by atoms with Crippen LogP contribution in [0, 0.1) is 11.3 Å². The maximum absolute atomic E-state index is 9.31. The molecule has 0 unspecified atom stereocenters. The van der Waals surface area contributed by atoms with E-state index in [2.05, 4.69) is 35.5 Å². The molecule has 0 saturated carbocycles. The fourth-order valence-electron chi connectivity index (χ4n) is 1.99. The van der Waals surface area contributed by atoms with Gasteiger partial charge in [0.15, 0.2) is 0 Å². The molecular weight excluding hydrogens is 288 g/mol. The summed E-state index contributed by atoms with van der Waals surface area (Å²) in [7, 11) is 1.79. The van der Waals surface area contributed by atoms with Crippen LogP contribution < -0.4 is 15.4 Å². The van der Waals surface area contributed by atoms with Crippen LogP contribution in [0.25, 0.3) is 0 Å². The van der Waals surface area contributed by atoms with Gasteiger partial charge in [-0.3, -0.25) is 0 Å². The fraction of sp³-hybridized carbons (Fsp3) is 0.222. The highest BCUT2D eigenvalue weighted by Gasteiger charge is 2.12. The summed E-state index contributed by atoms with van der Waals surface area (Å²) in [6.45, 7) is 4.11. The van der Waals surface area contributed by atoms with E-state index in [0.717, 1.165) is 11.3 Å². The third-order valence-electron chi connectivity index (χ3n) is 3.25. The van der Waals surface area contributed by atoms with E-state index in [1.54, 1.807) is 25.5 Å². The SMILES string of the molecule is CNc1cc(O/C(C#N)=C/Nc2ccccc2)c(C(C)C)cn1. The van der Waals surface area contributed by atoms with Crippen molar-refractivity contribution >= 4 is 11.5 Å². The van der Waals surface area contributed by atoms with E-state index in [1.807, 2.05) is 30.3 Å². The highest BCUT2D eigenvalue weighted by molar-refractivity contribution is 5.49. The Morgan fingerprint density at radius 2 is 2.04 bits per heavy atom. The summed E-state index contributed by atoms with van der Waals surface area (Å²) >= 11 is 0. The predicted molar refractivity (Wildman–Crippen MR) is 92.3 cm³/mol. The minimum atomic E-state index is 0.184. The van der Waals surface area contributed by atoms with Crippen molar-refractivity contribution in [3.05, 3.63) is 60.1 Å². The van der Waals surface area contributed by atoms with Gasteiger partial charge in [-0.15, -0.1) is 0 Å². The second kappa shape index (κ2) is 7.85. The number of anilines is 2. The zero-order valence-corrected chi connectivity index (χ0v) is 13.5. The van der Waals surface area contributed by atoms with Gasteiger partial charge in [-0.05, 0) is 18.1 Å². The highest BCUT2D eigenvalue weighted by atomic mass is 16.5. The van der Waals surface area contributed by atoms with Gasteiger partial charge >= 0.3 is 0 Å². The summed E-state index contributed by atoms with van der Waals surface area (Å²) in [5.41, 5.74) is 1.84. The number of nitriles is 1. The van der Waals surface area contributed by atoms with Gasteiger partial charge < -0.3 is 15.4 Å². The normalized spacial score (nSPS) is 11.0. The molecule has 2 rings (SSSR count). The van der Waals surface area contributed by atoms with Crippen molar-refractivity contribution in [2.24, 2.45) is 0 Å². The minimum absolute atomic E-state index is 0.184. The van der Waals surface area contributed by atoms with E-state index in [-0.39, 0.29) is 11.7 Å². The molecule has 0 bridgehead atoms. The van der Waals surface area contributed by atoms with Gasteiger partial charge in [0, 0.05) is 30.6 Å². The lowest BCUT2D eigenvalue weighted by molar-refractivity contribution is 0.439. The number of benzene rings is 1. The molecule has 1 aromatic carbocycles. The lowest BCUT2D eigenvalue weighted by atomic mass is 10.0. The molecule has 1 heterocycles. The van der Waals surface area contributed by atoms with Gasteiger partial charge in [-0.1, -0.05) is 32.0 Å². The van der Waals surface area contributed by atoms with E-state index in [0.29, 0.717) is 11.6 Å². The summed E-state index contributed by atoms with van der Waals surface area (Å²) < 4.78 is 5.78. The third-order valence-corrected chi connectivity index (χ3v) is 3.25. The number of rotatable bonds is 6. The van der Waals surface area contributed by atoms with Gasteiger partial charge in [-0.25, -0.2) is 4.98 Å². The summed E-state index contributed by atoms with van der Waals surface area (Å²) in [6, 6.07) is 13.5. The molecule has 0 fully saturated rings. The highest BCUT2D eigenvalue weighted by Crippen LogP contribution is 2.29. The van der Waals surface area contributed by atoms with E-state index < -0.39 is 0 Å². The molecule has 2 N–H and O–H groups in total.